The van der Waals surface area contributed by atoms with Gasteiger partial charge in [0.25, 0.3) is 0 Å². The molecule has 4 aliphatic rings. The summed E-state index contributed by atoms with van der Waals surface area (Å²) in [5.74, 6) is 2.51. The van der Waals surface area contributed by atoms with Crippen LogP contribution in [0.1, 0.15) is 37.0 Å². The van der Waals surface area contributed by atoms with E-state index in [0.29, 0.717) is 6.04 Å². The first-order valence-corrected chi connectivity index (χ1v) is 12.0. The molecule has 3 saturated heterocycles. The minimum Gasteiger partial charge on any atom is -0.454 e. The molecule has 4 fully saturated rings. The number of allylic oxidation sites excluding steroid dienone is 1. The molecule has 1 aromatic heterocycles. The lowest BCUT2D eigenvalue weighted by Gasteiger charge is -2.45. The van der Waals surface area contributed by atoms with Gasteiger partial charge in [0.1, 0.15) is 5.58 Å². The second-order valence-corrected chi connectivity index (χ2v) is 9.64. The van der Waals surface area contributed by atoms with Crippen molar-refractivity contribution in [3.8, 4) is 11.1 Å². The van der Waals surface area contributed by atoms with Crippen LogP contribution in [0.15, 0.2) is 72.2 Å². The number of furan rings is 1. The fourth-order valence-electron chi connectivity index (χ4n) is 5.01. The molecule has 3 nitrogen and oxygen atoms in total. The lowest BCUT2D eigenvalue weighted by atomic mass is 9.84. The van der Waals surface area contributed by atoms with Crippen LogP contribution in [0, 0.1) is 18.8 Å². The molecule has 1 aliphatic carbocycles. The Bertz CT molecular complexity index is 1120. The van der Waals surface area contributed by atoms with E-state index in [1.165, 1.54) is 49.9 Å². The van der Waals surface area contributed by atoms with Gasteiger partial charge in [0.05, 0.1) is 5.70 Å². The molecular formula is C29H34N2O. The van der Waals surface area contributed by atoms with E-state index in [-0.39, 0.29) is 0 Å². The summed E-state index contributed by atoms with van der Waals surface area (Å²) in [6.07, 6.45) is 7.40. The maximum Gasteiger partial charge on any atom is 0.150 e. The summed E-state index contributed by atoms with van der Waals surface area (Å²) in [6, 6.07) is 17.5. The molecule has 3 aromatic rings. The third kappa shape index (κ3) is 4.54. The Morgan fingerprint density at radius 3 is 2.47 bits per heavy atom. The summed E-state index contributed by atoms with van der Waals surface area (Å²) < 4.78 is 6.30. The normalized spacial score (nSPS) is 24.0. The first-order chi connectivity index (χ1) is 15.6. The van der Waals surface area contributed by atoms with Gasteiger partial charge in [-0.15, -0.1) is 6.58 Å². The van der Waals surface area contributed by atoms with Gasteiger partial charge in [-0.3, -0.25) is 0 Å². The molecule has 2 bridgehead atoms. The van der Waals surface area contributed by atoms with Crippen LogP contribution < -0.4 is 5.32 Å². The molecule has 32 heavy (non-hydrogen) atoms. The molecule has 3 aliphatic heterocycles. The van der Waals surface area contributed by atoms with Crippen molar-refractivity contribution in [2.24, 2.45) is 11.8 Å². The van der Waals surface area contributed by atoms with E-state index in [2.05, 4.69) is 78.8 Å². The molecule has 4 heterocycles. The maximum absolute atomic E-state index is 6.30. The topological polar surface area (TPSA) is 28.4 Å². The number of hydrogen-bond acceptors (Lipinski definition) is 3. The van der Waals surface area contributed by atoms with Gasteiger partial charge in [-0.1, -0.05) is 60.7 Å². The molecule has 1 atom stereocenters. The van der Waals surface area contributed by atoms with Gasteiger partial charge in [-0.25, -0.2) is 0 Å². The molecule has 0 radical (unpaired) electrons. The first-order valence-electron chi connectivity index (χ1n) is 12.0. The number of fused-ring (bicyclic) bond motifs is 4. The SMILES string of the molecule is C=C(NC1CN2CCC1CC2)c1cc2cccc(-c3cccc(C)c3)c2o1.C=CC1CC1. The summed E-state index contributed by atoms with van der Waals surface area (Å²) >= 11 is 0. The standard InChI is InChI=1S/C24H26N2O.C5H8/c1-16-5-3-6-19(13-16)21-8-4-7-20-14-23(27-24(20)21)17(2)25-22-15-26-11-9-18(22)10-12-26;1-2-5-3-4-5/h3-8,13-14,18,22,25H,2,9-12,15H2,1H3;2,5H,1,3-4H2. The number of piperidine rings is 3. The van der Waals surface area contributed by atoms with Crippen molar-refractivity contribution in [1.29, 1.82) is 0 Å². The van der Waals surface area contributed by atoms with E-state index in [1.54, 1.807) is 0 Å². The fourth-order valence-corrected chi connectivity index (χ4v) is 5.01. The zero-order valence-corrected chi connectivity index (χ0v) is 19.1. The molecule has 1 N–H and O–H groups in total. The highest BCUT2D eigenvalue weighted by atomic mass is 16.3. The number of nitrogens with one attached hydrogen (secondary N) is 1. The highest BCUT2D eigenvalue weighted by Crippen LogP contribution is 2.34. The van der Waals surface area contributed by atoms with Crippen molar-refractivity contribution in [3.63, 3.8) is 0 Å². The average Bonchev–Trinajstić information content (AvgIpc) is 3.56. The van der Waals surface area contributed by atoms with Gasteiger partial charge in [-0.2, -0.15) is 0 Å². The molecule has 2 aromatic carbocycles. The largest absolute Gasteiger partial charge is 0.454 e. The van der Waals surface area contributed by atoms with E-state index in [0.717, 1.165) is 46.4 Å². The van der Waals surface area contributed by atoms with Crippen LogP contribution in [-0.4, -0.2) is 30.6 Å². The van der Waals surface area contributed by atoms with Crippen molar-refractivity contribution in [2.75, 3.05) is 19.6 Å². The zero-order chi connectivity index (χ0) is 22.1. The second-order valence-electron chi connectivity index (χ2n) is 9.64. The lowest BCUT2D eigenvalue weighted by Crippen LogP contribution is -2.55. The number of nitrogens with zero attached hydrogens (tertiary/aromatic N) is 1. The molecule has 0 spiro atoms. The van der Waals surface area contributed by atoms with Gasteiger partial charge in [-0.05, 0) is 69.2 Å². The molecule has 0 amide bonds. The first kappa shape index (κ1) is 21.1. The second kappa shape index (κ2) is 8.99. The number of para-hydroxylation sites is 1. The summed E-state index contributed by atoms with van der Waals surface area (Å²) in [6.45, 7) is 13.7. The predicted octanol–water partition coefficient (Wildman–Crippen LogP) is 6.65. The van der Waals surface area contributed by atoms with Crippen LogP contribution in [0.3, 0.4) is 0 Å². The minimum absolute atomic E-state index is 0.490. The van der Waals surface area contributed by atoms with Gasteiger partial charge in [0.15, 0.2) is 5.76 Å². The van der Waals surface area contributed by atoms with Gasteiger partial charge < -0.3 is 14.6 Å². The monoisotopic (exact) mass is 426 g/mol. The third-order valence-electron chi connectivity index (χ3n) is 7.14. The summed E-state index contributed by atoms with van der Waals surface area (Å²) in [5.41, 5.74) is 5.43. The highest BCUT2D eigenvalue weighted by Gasteiger charge is 2.34. The minimum atomic E-state index is 0.490. The number of benzene rings is 2. The zero-order valence-electron chi connectivity index (χ0n) is 19.1. The van der Waals surface area contributed by atoms with Crippen LogP contribution in [0.4, 0.5) is 0 Å². The van der Waals surface area contributed by atoms with E-state index in [1.807, 2.05) is 6.08 Å². The molecule has 7 rings (SSSR count). The van der Waals surface area contributed by atoms with Crippen molar-refractivity contribution in [3.05, 3.63) is 79.1 Å². The van der Waals surface area contributed by atoms with Crippen LogP contribution in [0.2, 0.25) is 0 Å². The quantitative estimate of drug-likeness (QED) is 0.463. The summed E-state index contributed by atoms with van der Waals surface area (Å²) in [5, 5.41) is 4.79. The number of hydrogen-bond donors (Lipinski definition) is 1. The molecule has 1 saturated carbocycles. The van der Waals surface area contributed by atoms with Crippen molar-refractivity contribution in [2.45, 2.75) is 38.6 Å². The fraction of sp³-hybridized carbons (Fsp3) is 0.379. The lowest BCUT2D eigenvalue weighted by molar-refractivity contribution is 0.0799. The maximum atomic E-state index is 6.30. The Hall–Kier alpha value is -2.78. The van der Waals surface area contributed by atoms with Crippen molar-refractivity contribution < 1.29 is 4.42 Å². The summed E-state index contributed by atoms with van der Waals surface area (Å²) in [7, 11) is 0. The molecule has 166 valence electrons. The van der Waals surface area contributed by atoms with Gasteiger partial charge >= 0.3 is 0 Å². The van der Waals surface area contributed by atoms with Gasteiger partial charge in [0.2, 0.25) is 0 Å². The van der Waals surface area contributed by atoms with Crippen LogP contribution in [0.5, 0.6) is 0 Å². The number of aryl methyl sites for hydroxylation is 1. The molecular weight excluding hydrogens is 392 g/mol. The van der Waals surface area contributed by atoms with E-state index >= 15 is 0 Å². The Balaban J connectivity index is 0.000000383. The van der Waals surface area contributed by atoms with Crippen LogP contribution in [-0.2, 0) is 0 Å². The van der Waals surface area contributed by atoms with Crippen LogP contribution in [0.25, 0.3) is 27.8 Å². The Kier molecular flexibility index (Phi) is 5.93. The molecule has 1 unspecified atom stereocenters. The van der Waals surface area contributed by atoms with E-state index in [4.69, 9.17) is 4.42 Å². The average molecular weight is 427 g/mol. The highest BCUT2D eigenvalue weighted by molar-refractivity contribution is 5.94. The smallest absolute Gasteiger partial charge is 0.150 e. The van der Waals surface area contributed by atoms with Gasteiger partial charge in [0, 0.05) is 23.5 Å². The number of rotatable bonds is 5. The predicted molar refractivity (Wildman–Crippen MR) is 134 cm³/mol. The Morgan fingerprint density at radius 2 is 1.84 bits per heavy atom. The molecule has 3 heteroatoms. The van der Waals surface area contributed by atoms with E-state index < -0.39 is 0 Å². The Labute approximate surface area is 191 Å². The summed E-state index contributed by atoms with van der Waals surface area (Å²) in [4.78, 5) is 2.55. The van der Waals surface area contributed by atoms with Crippen LogP contribution >= 0.6 is 0 Å². The van der Waals surface area contributed by atoms with Crippen molar-refractivity contribution in [1.82, 2.24) is 10.2 Å². The third-order valence-corrected chi connectivity index (χ3v) is 7.14. The van der Waals surface area contributed by atoms with E-state index in [9.17, 15) is 0 Å². The Morgan fingerprint density at radius 1 is 1.06 bits per heavy atom. The van der Waals surface area contributed by atoms with Crippen molar-refractivity contribution >= 4 is 16.7 Å².